The molecule has 26 heteroatoms. The number of rotatable bonds is 11. The summed E-state index contributed by atoms with van der Waals surface area (Å²) in [5.41, 5.74) is -0.173. The number of anilines is 5. The fraction of sp³-hybridized carbons (Fsp3) is 0.0741. The summed E-state index contributed by atoms with van der Waals surface area (Å²) >= 11 is 18.1. The standard InChI is InChI=1S/C27H20Cl3N9O9S3.2Na/c1-3-49(41,42)16-7-4-14(5-8-16)31-26-33-25(30)34-27(35-26)32-15-6-9-21(50(43,44)45)19(10-15)36-37-23-13(2)38-39(24(23)40)20-11-18(29)22(12-17(20)28)51(46,47)48;;/h3-12,23H,1H2,2H3,(H,43,44,45)(H,46,47,48)(H2,31,32,33,34,35);;/q;2*+1/p-2. The molecule has 266 valence electrons. The molecule has 1 aliphatic heterocycles. The van der Waals surface area contributed by atoms with Gasteiger partial charge in [0.05, 0.1) is 36.1 Å². The van der Waals surface area contributed by atoms with Crippen molar-refractivity contribution in [2.75, 3.05) is 15.6 Å². The number of sulfone groups is 1. The van der Waals surface area contributed by atoms with E-state index < -0.39 is 62.5 Å². The average molecular weight is 861 g/mol. The van der Waals surface area contributed by atoms with Crippen molar-refractivity contribution in [2.24, 2.45) is 15.3 Å². The maximum atomic E-state index is 13.3. The minimum Gasteiger partial charge on any atom is -0.744 e. The number of hydrazone groups is 1. The van der Waals surface area contributed by atoms with Gasteiger partial charge in [0.1, 0.15) is 25.9 Å². The summed E-state index contributed by atoms with van der Waals surface area (Å²) in [5, 5.41) is 17.8. The van der Waals surface area contributed by atoms with Crippen LogP contribution >= 0.6 is 34.8 Å². The topological polar surface area (TPSA) is 269 Å². The van der Waals surface area contributed by atoms with Gasteiger partial charge in [-0.05, 0) is 73.1 Å². The van der Waals surface area contributed by atoms with Crippen LogP contribution in [0.2, 0.25) is 15.3 Å². The monoisotopic (exact) mass is 859 g/mol. The van der Waals surface area contributed by atoms with Crippen LogP contribution in [0, 0.1) is 0 Å². The number of amides is 1. The van der Waals surface area contributed by atoms with Crippen molar-refractivity contribution in [1.29, 1.82) is 0 Å². The predicted octanol–water partition coefficient (Wildman–Crippen LogP) is -1.07. The second-order valence-electron chi connectivity index (χ2n) is 10.1. The van der Waals surface area contributed by atoms with Crippen LogP contribution in [-0.2, 0) is 34.9 Å². The number of carbonyl (C=O) groups excluding carboxylic acids is 1. The number of azo groups is 1. The van der Waals surface area contributed by atoms with Gasteiger partial charge >= 0.3 is 59.1 Å². The van der Waals surface area contributed by atoms with Gasteiger partial charge in [-0.1, -0.05) is 29.8 Å². The van der Waals surface area contributed by atoms with Crippen LogP contribution in [0.1, 0.15) is 6.92 Å². The molecular weight excluding hydrogens is 843 g/mol. The summed E-state index contributed by atoms with van der Waals surface area (Å²) in [6, 6.07) is 9.03. The predicted molar refractivity (Wildman–Crippen MR) is 183 cm³/mol. The Morgan fingerprint density at radius 2 is 1.38 bits per heavy atom. The number of halogens is 3. The van der Waals surface area contributed by atoms with Crippen molar-refractivity contribution in [3.63, 3.8) is 0 Å². The number of nitrogens with one attached hydrogen (secondary N) is 2. The molecule has 1 aliphatic rings. The summed E-state index contributed by atoms with van der Waals surface area (Å²) in [6.07, 6.45) is 0. The van der Waals surface area contributed by atoms with Crippen LogP contribution in [0.5, 0.6) is 0 Å². The van der Waals surface area contributed by atoms with Crippen LogP contribution in [-0.4, -0.2) is 67.0 Å². The van der Waals surface area contributed by atoms with E-state index in [0.29, 0.717) is 5.69 Å². The van der Waals surface area contributed by atoms with E-state index in [0.717, 1.165) is 34.7 Å². The van der Waals surface area contributed by atoms with Crippen LogP contribution in [0.25, 0.3) is 0 Å². The third-order valence-electron chi connectivity index (χ3n) is 6.63. The van der Waals surface area contributed by atoms with E-state index in [1.54, 1.807) is 0 Å². The van der Waals surface area contributed by atoms with Crippen molar-refractivity contribution in [3.05, 3.63) is 81.9 Å². The van der Waals surface area contributed by atoms with Gasteiger partial charge in [0.25, 0.3) is 5.91 Å². The molecule has 0 spiro atoms. The van der Waals surface area contributed by atoms with Gasteiger partial charge < -0.3 is 19.7 Å². The van der Waals surface area contributed by atoms with Gasteiger partial charge in [0, 0.05) is 16.8 Å². The quantitative estimate of drug-likeness (QED) is 0.103. The Balaban J connectivity index is 0.00000378. The van der Waals surface area contributed by atoms with Crippen LogP contribution in [0.4, 0.5) is 34.6 Å². The molecule has 1 aromatic heterocycles. The normalized spacial score (nSPS) is 14.7. The van der Waals surface area contributed by atoms with Gasteiger partial charge in [0.15, 0.2) is 15.9 Å². The van der Waals surface area contributed by atoms with E-state index in [-0.39, 0.29) is 103 Å². The minimum atomic E-state index is -5.12. The van der Waals surface area contributed by atoms with Crippen molar-refractivity contribution in [1.82, 2.24) is 15.0 Å². The van der Waals surface area contributed by atoms with Gasteiger partial charge in [-0.3, -0.25) is 4.79 Å². The molecule has 1 atom stereocenters. The zero-order chi connectivity index (χ0) is 37.5. The Kier molecular flexibility index (Phi) is 14.8. The molecule has 1 amide bonds. The second kappa shape index (κ2) is 17.5. The first kappa shape index (κ1) is 44.8. The summed E-state index contributed by atoms with van der Waals surface area (Å²) in [4.78, 5) is 23.7. The Bertz CT molecular complexity index is 2510. The summed E-state index contributed by atoms with van der Waals surface area (Å²) in [6.45, 7) is 4.66. The van der Waals surface area contributed by atoms with E-state index in [1.165, 1.54) is 37.3 Å². The molecule has 18 nitrogen and oxygen atoms in total. The zero-order valence-electron chi connectivity index (χ0n) is 27.2. The van der Waals surface area contributed by atoms with E-state index >= 15 is 0 Å². The molecule has 2 heterocycles. The number of carbonyl (C=O) groups is 1. The number of aromatic nitrogens is 3. The third-order valence-corrected chi connectivity index (χ3v) is 10.7. The molecule has 3 aromatic carbocycles. The van der Waals surface area contributed by atoms with E-state index in [1.807, 2.05) is 0 Å². The van der Waals surface area contributed by atoms with E-state index in [4.69, 9.17) is 34.8 Å². The molecule has 0 radical (unpaired) electrons. The van der Waals surface area contributed by atoms with Gasteiger partial charge in [-0.15, -0.1) is 0 Å². The fourth-order valence-electron chi connectivity index (χ4n) is 4.28. The number of benzene rings is 3. The molecule has 0 saturated carbocycles. The number of nitrogens with zero attached hydrogens (tertiary/aromatic N) is 7. The van der Waals surface area contributed by atoms with Crippen LogP contribution in [0.3, 0.4) is 0 Å². The Morgan fingerprint density at radius 1 is 0.811 bits per heavy atom. The molecule has 0 aliphatic carbocycles. The maximum Gasteiger partial charge on any atom is 1.00 e. The summed E-state index contributed by atoms with van der Waals surface area (Å²) < 4.78 is 94.4. The van der Waals surface area contributed by atoms with Crippen molar-refractivity contribution in [3.8, 4) is 0 Å². The largest absolute Gasteiger partial charge is 1.00 e. The number of hydrogen-bond acceptors (Lipinski definition) is 17. The molecule has 5 rings (SSSR count). The number of hydrogen-bond donors (Lipinski definition) is 2. The van der Waals surface area contributed by atoms with Gasteiger partial charge in [0.2, 0.25) is 17.2 Å². The smallest absolute Gasteiger partial charge is 0.744 e. The first-order chi connectivity index (χ1) is 23.8. The van der Waals surface area contributed by atoms with E-state index in [2.05, 4.69) is 47.5 Å². The van der Waals surface area contributed by atoms with Gasteiger partial charge in [-0.2, -0.15) is 35.3 Å². The first-order valence-electron chi connectivity index (χ1n) is 13.5. The third kappa shape index (κ3) is 10.6. The zero-order valence-corrected chi connectivity index (χ0v) is 35.9. The van der Waals surface area contributed by atoms with E-state index in [9.17, 15) is 39.2 Å². The average Bonchev–Trinajstić information content (AvgIpc) is 3.31. The Hall–Kier alpha value is -2.61. The minimum absolute atomic E-state index is 0. The molecule has 0 saturated heterocycles. The fourth-order valence-corrected chi connectivity index (χ4v) is 7.05. The summed E-state index contributed by atoms with van der Waals surface area (Å²) in [5.74, 6) is -1.09. The molecule has 1 unspecified atom stereocenters. The first-order valence-corrected chi connectivity index (χ1v) is 19.0. The molecular formula is C27H18Cl3N9Na2O9S3. The maximum absolute atomic E-state index is 13.3. The van der Waals surface area contributed by atoms with Crippen molar-refractivity contribution >= 4 is 111 Å². The van der Waals surface area contributed by atoms with Crippen LogP contribution < -0.4 is 74.8 Å². The summed E-state index contributed by atoms with van der Waals surface area (Å²) in [7, 11) is -13.8. The molecule has 0 fully saturated rings. The second-order valence-corrected chi connectivity index (χ2v) is 15.8. The SMILES string of the molecule is C=CS(=O)(=O)c1ccc(Nc2nc(Cl)nc(Nc3ccc(S(=O)(=O)[O-])c(N=NC4C(=O)N(c5cc(Cl)c(S(=O)(=O)[O-])cc5Cl)N=C4C)c3)n2)cc1.[Na+].[Na+]. The van der Waals surface area contributed by atoms with Crippen molar-refractivity contribution < 1.29 is 98.3 Å². The van der Waals surface area contributed by atoms with Crippen LogP contribution in [0.15, 0.2) is 96.6 Å². The molecule has 2 N–H and O–H groups in total. The van der Waals surface area contributed by atoms with Gasteiger partial charge in [-0.25, -0.2) is 25.3 Å². The Morgan fingerprint density at radius 3 is 1.94 bits per heavy atom. The van der Waals surface area contributed by atoms with Crippen molar-refractivity contribution in [2.45, 2.75) is 27.7 Å². The molecule has 0 bridgehead atoms. The molecule has 4 aromatic rings. The Labute approximate surface area is 361 Å². The molecule has 53 heavy (non-hydrogen) atoms.